The Morgan fingerprint density at radius 3 is 1.74 bits per heavy atom. The van der Waals surface area contributed by atoms with Gasteiger partial charge in [0.2, 0.25) is 33.7 Å². The van der Waals surface area contributed by atoms with Crippen LogP contribution in [0.4, 0.5) is 5.69 Å². The van der Waals surface area contributed by atoms with Crippen molar-refractivity contribution in [2.45, 2.75) is 205 Å². The maximum atomic E-state index is 12.6. The zero-order valence-electron chi connectivity index (χ0n) is 53.7. The molecule has 0 saturated carbocycles. The standard InChI is InChI=1S/C62H102N10O19S/c1-2-3-34-63-49-29-26-47(27-30-49)59(79)65-35-18-17-22-52(61(82)83)67-58(78)46-91-42-39-88-37-19-21-50(73)31-32-53(62(84)85)66-56(76)33-28-48(60(80)81)44-51(74)45-90-41-40-89-38-36-64-55(75)25-20-43-92(86,87)70-57(77)24-16-14-12-10-8-6-4-5-7-9-11-13-15-23-54-68-71-72-69-54/h26-27,29-30,48,52-53,63H,2-25,28,31-46H2,1H3,(H,64,75)(H,65,79)(H,66,76)(H,67,78)(H,70,77)(H,80,81)(H,82,83)(H,84,85)(H,68,69,71,72)/t48-,52+,53?/m1/s1. The summed E-state index contributed by atoms with van der Waals surface area (Å²) in [6.45, 7) is 2.83. The van der Waals surface area contributed by atoms with Gasteiger partial charge < -0.3 is 60.9 Å². The zero-order chi connectivity index (χ0) is 67.5. The number of carboxylic acid groups (broad SMARTS) is 3. The number of aryl methyl sites for hydroxylation is 1. The summed E-state index contributed by atoms with van der Waals surface area (Å²) in [5, 5.41) is 56.3. The minimum absolute atomic E-state index is 0.00363. The van der Waals surface area contributed by atoms with Gasteiger partial charge in [-0.15, -0.1) is 10.2 Å². The minimum Gasteiger partial charge on any atom is -0.481 e. The highest BCUT2D eigenvalue weighted by Crippen LogP contribution is 2.16. The number of anilines is 1. The summed E-state index contributed by atoms with van der Waals surface area (Å²) in [6, 6.07) is 4.55. The van der Waals surface area contributed by atoms with Gasteiger partial charge in [0.1, 0.15) is 31.1 Å². The first kappa shape index (κ1) is 81.1. The average Bonchev–Trinajstić information content (AvgIpc) is 1.83. The molecule has 2 aromatic rings. The summed E-state index contributed by atoms with van der Waals surface area (Å²) in [6.07, 6.45) is 17.1. The highest BCUT2D eigenvalue weighted by Gasteiger charge is 2.26. The number of hydrogen-bond donors (Lipinski definition) is 10. The molecule has 1 unspecified atom stereocenters. The largest absolute Gasteiger partial charge is 0.481 e. The van der Waals surface area contributed by atoms with Crippen molar-refractivity contribution in [2.75, 3.05) is 83.6 Å². The lowest BCUT2D eigenvalue weighted by atomic mass is 9.97. The summed E-state index contributed by atoms with van der Waals surface area (Å²) in [7, 11) is -3.89. The topological polar surface area (TPSA) is 429 Å². The fraction of sp³-hybridized carbons (Fsp3) is 0.726. The van der Waals surface area contributed by atoms with Gasteiger partial charge in [0.15, 0.2) is 11.6 Å². The lowest BCUT2D eigenvalue weighted by Crippen LogP contribution is -2.42. The van der Waals surface area contributed by atoms with Gasteiger partial charge in [-0.05, 0) is 88.5 Å². The molecule has 5 amide bonds. The van der Waals surface area contributed by atoms with Crippen LogP contribution in [0.5, 0.6) is 0 Å². The molecule has 29 nitrogen and oxygen atoms in total. The summed E-state index contributed by atoms with van der Waals surface area (Å²) in [5.41, 5.74) is 1.43. The smallest absolute Gasteiger partial charge is 0.326 e. The van der Waals surface area contributed by atoms with Gasteiger partial charge in [-0.3, -0.25) is 43.1 Å². The lowest BCUT2D eigenvalue weighted by molar-refractivity contribution is -0.145. The van der Waals surface area contributed by atoms with Gasteiger partial charge in [0.25, 0.3) is 5.91 Å². The third-order valence-corrected chi connectivity index (χ3v) is 15.9. The molecule has 0 fully saturated rings. The van der Waals surface area contributed by atoms with E-state index in [-0.39, 0.29) is 121 Å². The molecule has 0 spiro atoms. The Balaban J connectivity index is 1.44. The summed E-state index contributed by atoms with van der Waals surface area (Å²) in [5.74, 6) is -8.31. The van der Waals surface area contributed by atoms with Crippen LogP contribution < -0.4 is 31.3 Å². The Bertz CT molecular complexity index is 2560. The Labute approximate surface area is 540 Å². The molecule has 0 radical (unpaired) electrons. The van der Waals surface area contributed by atoms with Gasteiger partial charge in [-0.1, -0.05) is 89.2 Å². The molecular weight excluding hydrogens is 1220 g/mol. The van der Waals surface area contributed by atoms with Gasteiger partial charge in [0, 0.05) is 82.4 Å². The molecule has 1 aromatic carbocycles. The molecule has 92 heavy (non-hydrogen) atoms. The van der Waals surface area contributed by atoms with Crippen molar-refractivity contribution in [2.24, 2.45) is 5.92 Å². The van der Waals surface area contributed by atoms with Crippen LogP contribution in [0.3, 0.4) is 0 Å². The van der Waals surface area contributed by atoms with Crippen LogP contribution >= 0.6 is 0 Å². The van der Waals surface area contributed by atoms with Crippen molar-refractivity contribution in [1.82, 2.24) is 46.6 Å². The molecule has 10 N–H and O–H groups in total. The van der Waals surface area contributed by atoms with Crippen molar-refractivity contribution in [3.8, 4) is 0 Å². The van der Waals surface area contributed by atoms with Crippen molar-refractivity contribution in [3.05, 3.63) is 35.7 Å². The number of tetrazole rings is 1. The Kier molecular flexibility index (Phi) is 45.4. The number of carbonyl (C=O) groups is 10. The number of ketones is 2. The van der Waals surface area contributed by atoms with Crippen LogP contribution in [0.2, 0.25) is 0 Å². The first-order valence-electron chi connectivity index (χ1n) is 32.5. The molecule has 0 bridgehead atoms. The van der Waals surface area contributed by atoms with E-state index in [9.17, 15) is 71.7 Å². The number of amides is 5. The molecular formula is C62H102N10O19S. The average molecular weight is 1320 g/mol. The van der Waals surface area contributed by atoms with E-state index in [1.165, 1.54) is 44.9 Å². The molecule has 0 aliphatic rings. The quantitative estimate of drug-likeness (QED) is 0.0383. The third kappa shape index (κ3) is 43.7. The van der Waals surface area contributed by atoms with Crippen LogP contribution in [-0.4, -0.2) is 194 Å². The Morgan fingerprint density at radius 2 is 1.11 bits per heavy atom. The molecule has 2 rings (SSSR count). The zero-order valence-corrected chi connectivity index (χ0v) is 54.5. The number of hydrogen-bond acceptors (Lipinski definition) is 20. The van der Waals surface area contributed by atoms with Crippen LogP contribution in [0.15, 0.2) is 24.3 Å². The fourth-order valence-corrected chi connectivity index (χ4v) is 10.4. The SMILES string of the molecule is CCCCNc1ccc(C(=O)NCCCC[C@H](NC(=O)COCCOCCCC(=O)CCC(NC(=O)CC[C@H](CC(=O)COCCOCCNC(=O)CCCS(=O)(=O)NC(=O)CCCCCCCCCCCCCCCc2nn[nH]n2)C(=O)O)C(=O)O)C(=O)O)cc1. The molecule has 520 valence electrons. The molecule has 0 aliphatic heterocycles. The third-order valence-electron chi connectivity index (χ3n) is 14.6. The summed E-state index contributed by atoms with van der Waals surface area (Å²) in [4.78, 5) is 122. The van der Waals surface area contributed by atoms with E-state index in [0.717, 1.165) is 69.4 Å². The van der Waals surface area contributed by atoms with Gasteiger partial charge in [-0.2, -0.15) is 5.21 Å². The van der Waals surface area contributed by atoms with E-state index in [1.54, 1.807) is 12.1 Å². The van der Waals surface area contributed by atoms with E-state index < -0.39 is 101 Å². The van der Waals surface area contributed by atoms with Gasteiger partial charge >= 0.3 is 17.9 Å². The van der Waals surface area contributed by atoms with Crippen molar-refractivity contribution >= 4 is 74.7 Å². The number of H-pyrrole nitrogens is 1. The van der Waals surface area contributed by atoms with E-state index in [4.69, 9.17) is 18.9 Å². The van der Waals surface area contributed by atoms with E-state index in [1.807, 2.05) is 12.1 Å². The number of unbranched alkanes of at least 4 members (excludes halogenated alkanes) is 14. The van der Waals surface area contributed by atoms with Crippen LogP contribution in [0.1, 0.15) is 203 Å². The number of nitrogens with zero attached hydrogens (tertiary/aromatic N) is 3. The molecule has 0 aliphatic carbocycles. The first-order chi connectivity index (χ1) is 44.3. The number of aliphatic carboxylic acids is 3. The predicted molar refractivity (Wildman–Crippen MR) is 339 cm³/mol. The van der Waals surface area contributed by atoms with Crippen molar-refractivity contribution < 1.29 is 90.6 Å². The van der Waals surface area contributed by atoms with Gasteiger partial charge in [0.05, 0.1) is 44.7 Å². The molecule has 0 saturated heterocycles. The number of carboxylic acids is 3. The number of Topliss-reactive ketones (excluding diaryl/α,β-unsaturated/α-hetero) is 2. The monoisotopic (exact) mass is 1320 g/mol. The normalized spacial score (nSPS) is 12.3. The van der Waals surface area contributed by atoms with E-state index >= 15 is 0 Å². The molecule has 1 heterocycles. The maximum Gasteiger partial charge on any atom is 0.326 e. The van der Waals surface area contributed by atoms with Gasteiger partial charge in [-0.25, -0.2) is 18.0 Å². The number of benzene rings is 1. The Morgan fingerprint density at radius 1 is 0.511 bits per heavy atom. The number of aromatic nitrogens is 4. The van der Waals surface area contributed by atoms with E-state index in [0.29, 0.717) is 31.4 Å². The van der Waals surface area contributed by atoms with Crippen LogP contribution in [0, 0.1) is 5.92 Å². The molecule has 3 atom stereocenters. The second-order valence-electron chi connectivity index (χ2n) is 22.6. The van der Waals surface area contributed by atoms with Crippen LogP contribution in [0.25, 0.3) is 0 Å². The lowest BCUT2D eigenvalue weighted by Gasteiger charge is -2.16. The minimum atomic E-state index is -3.89. The second kappa shape index (κ2) is 51.5. The fourth-order valence-electron chi connectivity index (χ4n) is 9.34. The van der Waals surface area contributed by atoms with E-state index in [2.05, 4.69) is 58.9 Å². The number of ether oxygens (including phenoxy) is 4. The highest BCUT2D eigenvalue weighted by molar-refractivity contribution is 7.90. The number of aromatic amines is 1. The number of sulfonamides is 1. The number of rotatable bonds is 61. The Hall–Kier alpha value is -7.02. The van der Waals surface area contributed by atoms with Crippen molar-refractivity contribution in [1.29, 1.82) is 0 Å². The van der Waals surface area contributed by atoms with Crippen molar-refractivity contribution in [3.63, 3.8) is 0 Å². The number of carbonyl (C=O) groups excluding carboxylic acids is 7. The molecule has 30 heteroatoms. The molecule has 1 aromatic heterocycles. The first-order valence-corrected chi connectivity index (χ1v) is 34.2. The predicted octanol–water partition coefficient (Wildman–Crippen LogP) is 5.13. The van der Waals surface area contributed by atoms with Crippen LogP contribution in [-0.2, 0) is 78.5 Å². The maximum absolute atomic E-state index is 12.6. The summed E-state index contributed by atoms with van der Waals surface area (Å²) < 4.78 is 48.2. The second-order valence-corrected chi connectivity index (χ2v) is 24.4. The highest BCUT2D eigenvalue weighted by atomic mass is 32.2. The summed E-state index contributed by atoms with van der Waals surface area (Å²) >= 11 is 0. The number of nitrogens with one attached hydrogen (secondary N) is 7.